The zero-order valence-corrected chi connectivity index (χ0v) is 15.4. The van der Waals surface area contributed by atoms with Gasteiger partial charge in [-0.25, -0.2) is 4.98 Å². The van der Waals surface area contributed by atoms with Gasteiger partial charge in [-0.2, -0.15) is 5.10 Å². The smallest absolute Gasteiger partial charge is 0.177 e. The summed E-state index contributed by atoms with van der Waals surface area (Å²) in [6.07, 6.45) is 3.72. The average molecular weight is 401 g/mol. The molecule has 1 atom stereocenters. The Morgan fingerprint density at radius 1 is 1.07 bits per heavy atom. The molecule has 0 spiro atoms. The third-order valence-electron chi connectivity index (χ3n) is 4.03. The number of rotatable bonds is 4. The highest BCUT2D eigenvalue weighted by Crippen LogP contribution is 2.33. The summed E-state index contributed by atoms with van der Waals surface area (Å²) >= 11 is 12.3. The van der Waals surface area contributed by atoms with Crippen molar-refractivity contribution in [2.24, 2.45) is 5.73 Å². The predicted octanol–water partition coefficient (Wildman–Crippen LogP) is 3.95. The maximum Gasteiger partial charge on any atom is 0.177 e. The molecule has 0 radical (unpaired) electrons. The summed E-state index contributed by atoms with van der Waals surface area (Å²) in [7, 11) is 0. The summed E-state index contributed by atoms with van der Waals surface area (Å²) in [6.45, 7) is 0. The number of hydrogen-bond acceptors (Lipinski definition) is 6. The molecule has 27 heavy (non-hydrogen) atoms. The van der Waals surface area contributed by atoms with E-state index in [1.54, 1.807) is 18.3 Å². The van der Waals surface area contributed by atoms with E-state index in [9.17, 15) is 0 Å². The fourth-order valence-electron chi connectivity index (χ4n) is 2.78. The van der Waals surface area contributed by atoms with Gasteiger partial charge in [-0.15, -0.1) is 0 Å². The monoisotopic (exact) mass is 400 g/mol. The van der Waals surface area contributed by atoms with Gasteiger partial charge in [-0.1, -0.05) is 23.2 Å². The molecule has 0 saturated heterocycles. The van der Waals surface area contributed by atoms with Gasteiger partial charge in [-0.3, -0.25) is 15.8 Å². The van der Waals surface area contributed by atoms with Gasteiger partial charge in [-0.05, 0) is 30.3 Å². The highest BCUT2D eigenvalue weighted by Gasteiger charge is 2.17. The van der Waals surface area contributed by atoms with Crippen LogP contribution in [0.15, 0.2) is 48.9 Å². The van der Waals surface area contributed by atoms with Gasteiger partial charge in [0, 0.05) is 35.1 Å². The van der Waals surface area contributed by atoms with Crippen LogP contribution in [0.25, 0.3) is 22.2 Å². The van der Waals surface area contributed by atoms with Crippen LogP contribution in [-0.2, 0) is 0 Å². The van der Waals surface area contributed by atoms with E-state index in [1.807, 2.05) is 18.2 Å². The van der Waals surface area contributed by atoms with Crippen LogP contribution >= 0.6 is 23.2 Å². The third-order valence-corrected chi connectivity index (χ3v) is 4.63. The van der Waals surface area contributed by atoms with Crippen LogP contribution in [0.1, 0.15) is 11.8 Å². The maximum atomic E-state index is 6.15. The van der Waals surface area contributed by atoms with E-state index >= 15 is 0 Å². The second-order valence-corrected chi connectivity index (χ2v) is 6.62. The number of nitrogens with zero attached hydrogens (tertiary/aromatic N) is 3. The minimum absolute atomic E-state index is 0.340. The summed E-state index contributed by atoms with van der Waals surface area (Å²) < 4.78 is 5.86. The number of hydrogen-bond donors (Lipinski definition) is 3. The number of aromatic nitrogens is 4. The number of nitrogen functional groups attached to an aromatic ring is 1. The quantitative estimate of drug-likeness (QED) is 0.446. The summed E-state index contributed by atoms with van der Waals surface area (Å²) in [5.41, 5.74) is 14.8. The lowest BCUT2D eigenvalue weighted by molar-refractivity contribution is 0.214. The van der Waals surface area contributed by atoms with Crippen LogP contribution < -0.4 is 16.2 Å². The Labute approximate surface area is 164 Å². The van der Waals surface area contributed by atoms with Crippen molar-refractivity contribution in [3.8, 4) is 17.0 Å². The molecule has 3 heterocycles. The fraction of sp³-hybridized carbons (Fsp3) is 0.0556. The number of halogens is 2. The molecule has 0 amide bonds. The van der Waals surface area contributed by atoms with Crippen LogP contribution in [0, 0.1) is 0 Å². The lowest BCUT2D eigenvalue weighted by Crippen LogP contribution is -2.18. The van der Waals surface area contributed by atoms with Crippen molar-refractivity contribution in [3.63, 3.8) is 0 Å². The van der Waals surface area contributed by atoms with Crippen molar-refractivity contribution in [1.82, 2.24) is 20.2 Å². The number of anilines is 1. The second-order valence-electron chi connectivity index (χ2n) is 5.80. The molecule has 3 aromatic heterocycles. The molecule has 0 aliphatic carbocycles. The lowest BCUT2D eigenvalue weighted by Gasteiger charge is -2.17. The molecule has 5 N–H and O–H groups in total. The number of benzene rings is 1. The Bertz CT molecular complexity index is 1110. The van der Waals surface area contributed by atoms with E-state index in [0.29, 0.717) is 27.2 Å². The van der Waals surface area contributed by atoms with Gasteiger partial charge in [0.15, 0.2) is 6.23 Å². The highest BCUT2D eigenvalue weighted by molar-refractivity contribution is 6.35. The van der Waals surface area contributed by atoms with Gasteiger partial charge >= 0.3 is 0 Å². The number of pyridine rings is 2. The zero-order valence-electron chi connectivity index (χ0n) is 13.9. The third kappa shape index (κ3) is 3.40. The summed E-state index contributed by atoms with van der Waals surface area (Å²) in [4.78, 5) is 7.92. The number of H-pyrrole nitrogens is 1. The summed E-state index contributed by atoms with van der Waals surface area (Å²) in [5, 5.41) is 8.89. The number of nitrogens with two attached hydrogens (primary N) is 2. The number of ether oxygens (including phenoxy) is 1. The molecular formula is C18H14Cl2N6O. The van der Waals surface area contributed by atoms with Crippen molar-refractivity contribution in [3.05, 3.63) is 64.5 Å². The maximum absolute atomic E-state index is 6.15. The van der Waals surface area contributed by atoms with Crippen molar-refractivity contribution in [1.29, 1.82) is 0 Å². The lowest BCUT2D eigenvalue weighted by atomic mass is 10.1. The normalized spacial score (nSPS) is 12.3. The molecule has 0 aliphatic rings. The first-order valence-electron chi connectivity index (χ1n) is 7.94. The van der Waals surface area contributed by atoms with Crippen LogP contribution in [0.3, 0.4) is 0 Å². The van der Waals surface area contributed by atoms with Gasteiger partial charge in [0.2, 0.25) is 0 Å². The number of fused-ring (bicyclic) bond motifs is 1. The second kappa shape index (κ2) is 7.03. The first kappa shape index (κ1) is 17.5. The molecule has 0 unspecified atom stereocenters. The largest absolute Gasteiger partial charge is 0.471 e. The van der Waals surface area contributed by atoms with Crippen LogP contribution in [0.5, 0.6) is 5.75 Å². The Morgan fingerprint density at radius 2 is 1.85 bits per heavy atom. The summed E-state index contributed by atoms with van der Waals surface area (Å²) in [6, 6.07) is 9.07. The van der Waals surface area contributed by atoms with Gasteiger partial charge in [0.05, 0.1) is 15.6 Å². The van der Waals surface area contributed by atoms with Crippen LogP contribution in [-0.4, -0.2) is 20.2 Å². The Morgan fingerprint density at radius 3 is 2.59 bits per heavy atom. The molecule has 136 valence electrons. The SMILES string of the molecule is Nc1cc(-c2n[nH]c3ccc(O[C@H](N)c4c(Cl)cncc4Cl)cc23)ccn1. The molecule has 9 heteroatoms. The first-order chi connectivity index (χ1) is 13.0. The van der Waals surface area contributed by atoms with Crippen LogP contribution in [0.2, 0.25) is 10.0 Å². The van der Waals surface area contributed by atoms with Crippen molar-refractivity contribution < 1.29 is 4.74 Å². The molecule has 0 fully saturated rings. The van der Waals surface area contributed by atoms with E-state index in [4.69, 9.17) is 39.4 Å². The predicted molar refractivity (Wildman–Crippen MR) is 106 cm³/mol. The molecule has 0 bridgehead atoms. The van der Waals surface area contributed by atoms with Gasteiger partial charge in [0.1, 0.15) is 17.3 Å². The van der Waals surface area contributed by atoms with Gasteiger partial charge < -0.3 is 10.5 Å². The van der Waals surface area contributed by atoms with E-state index in [1.165, 1.54) is 12.4 Å². The van der Waals surface area contributed by atoms with E-state index in [-0.39, 0.29) is 0 Å². The topological polar surface area (TPSA) is 116 Å². The Balaban J connectivity index is 1.70. The zero-order chi connectivity index (χ0) is 19.0. The molecule has 0 aliphatic heterocycles. The van der Waals surface area contributed by atoms with Crippen molar-refractivity contribution in [2.45, 2.75) is 6.23 Å². The van der Waals surface area contributed by atoms with E-state index in [2.05, 4.69) is 20.2 Å². The fourth-order valence-corrected chi connectivity index (χ4v) is 3.36. The minimum atomic E-state index is -0.850. The molecule has 1 aromatic carbocycles. The van der Waals surface area contributed by atoms with Crippen molar-refractivity contribution >= 4 is 39.9 Å². The van der Waals surface area contributed by atoms with E-state index < -0.39 is 6.23 Å². The molecule has 7 nitrogen and oxygen atoms in total. The Hall–Kier alpha value is -2.87. The molecule has 0 saturated carbocycles. The average Bonchev–Trinajstić information content (AvgIpc) is 3.05. The van der Waals surface area contributed by atoms with Crippen molar-refractivity contribution in [2.75, 3.05) is 5.73 Å². The highest BCUT2D eigenvalue weighted by atomic mass is 35.5. The molecule has 4 aromatic rings. The van der Waals surface area contributed by atoms with Gasteiger partial charge in [0.25, 0.3) is 0 Å². The molecule has 4 rings (SSSR count). The first-order valence-corrected chi connectivity index (χ1v) is 8.69. The Kier molecular flexibility index (Phi) is 4.57. The molecular weight excluding hydrogens is 387 g/mol. The summed E-state index contributed by atoms with van der Waals surface area (Å²) in [5.74, 6) is 0.962. The number of nitrogens with one attached hydrogen (secondary N) is 1. The van der Waals surface area contributed by atoms with E-state index in [0.717, 1.165) is 22.2 Å². The minimum Gasteiger partial charge on any atom is -0.471 e. The number of aromatic amines is 1. The van der Waals surface area contributed by atoms with Crippen LogP contribution in [0.4, 0.5) is 5.82 Å². The standard InChI is InChI=1S/C18H14Cl2N6O/c19-12-7-23-8-13(20)16(12)18(22)27-10-1-2-14-11(6-10)17(26-25-14)9-3-4-24-15(21)5-9/h1-8,18H,22H2,(H2,21,24)(H,25,26)/t18-/m0/s1.